The molecule has 1 aliphatic carbocycles. The summed E-state index contributed by atoms with van der Waals surface area (Å²) in [6.45, 7) is 26.9. The van der Waals surface area contributed by atoms with E-state index >= 15 is 0 Å². The Labute approximate surface area is 336 Å². The zero-order valence-electron chi connectivity index (χ0n) is 36.4. The van der Waals surface area contributed by atoms with Crippen molar-refractivity contribution in [1.29, 1.82) is 0 Å². The van der Waals surface area contributed by atoms with Crippen molar-refractivity contribution in [1.82, 2.24) is 29.3 Å². The van der Waals surface area contributed by atoms with E-state index in [2.05, 4.69) is 89.6 Å². The highest BCUT2D eigenvalue weighted by Gasteiger charge is 2.41. The van der Waals surface area contributed by atoms with Crippen LogP contribution in [0.2, 0.25) is 36.3 Å². The van der Waals surface area contributed by atoms with Gasteiger partial charge in [0.05, 0.1) is 63.0 Å². The van der Waals surface area contributed by atoms with E-state index in [9.17, 15) is 0 Å². The quantitative estimate of drug-likeness (QED) is 0.130. The minimum Gasteiger partial charge on any atom is -0.493 e. The molecular formula is C41H66N8O5Si2. The molecule has 1 aliphatic heterocycles. The number of fused-ring (bicyclic) bond motifs is 1. The van der Waals surface area contributed by atoms with Gasteiger partial charge in [0.2, 0.25) is 11.7 Å². The molecule has 1 saturated carbocycles. The van der Waals surface area contributed by atoms with Crippen LogP contribution in [0.4, 0.5) is 17.6 Å². The molecule has 0 amide bonds. The van der Waals surface area contributed by atoms with Gasteiger partial charge in [-0.15, -0.1) is 0 Å². The molecule has 13 nitrogen and oxygen atoms in total. The van der Waals surface area contributed by atoms with Crippen LogP contribution in [0.1, 0.15) is 91.8 Å². The molecule has 1 aromatic carbocycles. The van der Waals surface area contributed by atoms with Crippen LogP contribution in [0.3, 0.4) is 0 Å². The third-order valence-corrected chi connectivity index (χ3v) is 21.9. The maximum atomic E-state index is 6.87. The standard InChI is InChI=1S/C41H66N8O5Si2/c1-27-35-37(48-21-15-16-29(48)25-53-55(11,12)40(2,3)4)44-39(43-34-24-47(26-42-34)30-22-32(50-8)36(52-10)33(23-30)51-9)45-38(35)49(46-27)28-17-19-31(20-18-28)54-56(13,14)41(5,6)7/h22-24,26,28-29,31H,15-21,25H2,1-14H3,(H,43,44,45)/t28?,29-,31?/m0/s1. The zero-order chi connectivity index (χ0) is 40.8. The summed E-state index contributed by atoms with van der Waals surface area (Å²) in [5.41, 5.74) is 2.60. The van der Waals surface area contributed by atoms with E-state index in [0.717, 1.165) is 73.3 Å². The van der Waals surface area contributed by atoms with Gasteiger partial charge in [-0.3, -0.25) is 0 Å². The molecule has 0 bridgehead atoms. The van der Waals surface area contributed by atoms with E-state index in [1.165, 1.54) is 0 Å². The highest BCUT2D eigenvalue weighted by molar-refractivity contribution is 6.74. The number of aryl methyl sites for hydroxylation is 1. The van der Waals surface area contributed by atoms with Crippen molar-refractivity contribution in [2.24, 2.45) is 0 Å². The van der Waals surface area contributed by atoms with Gasteiger partial charge in [0.1, 0.15) is 12.1 Å². The molecule has 3 aromatic heterocycles. The van der Waals surface area contributed by atoms with E-state index in [0.29, 0.717) is 35.6 Å². The van der Waals surface area contributed by atoms with Gasteiger partial charge < -0.3 is 37.8 Å². The van der Waals surface area contributed by atoms with Crippen molar-refractivity contribution in [2.45, 2.75) is 141 Å². The molecule has 6 rings (SSSR count). The number of methoxy groups -OCH3 is 3. The predicted molar refractivity (Wildman–Crippen MR) is 230 cm³/mol. The van der Waals surface area contributed by atoms with Gasteiger partial charge >= 0.3 is 0 Å². The van der Waals surface area contributed by atoms with E-state index in [1.807, 2.05) is 22.9 Å². The van der Waals surface area contributed by atoms with Gasteiger partial charge in [-0.1, -0.05) is 41.5 Å². The van der Waals surface area contributed by atoms with Gasteiger partial charge in [0.15, 0.2) is 39.6 Å². The van der Waals surface area contributed by atoms with Crippen molar-refractivity contribution in [3.8, 4) is 22.9 Å². The summed E-state index contributed by atoms with van der Waals surface area (Å²) in [5.74, 6) is 3.64. The van der Waals surface area contributed by atoms with Crippen LogP contribution in [0.25, 0.3) is 16.7 Å². The third-order valence-electron chi connectivity index (χ3n) is 12.8. The Morgan fingerprint density at radius 3 is 2.07 bits per heavy atom. The van der Waals surface area contributed by atoms with Crippen LogP contribution in [-0.2, 0) is 8.85 Å². The summed E-state index contributed by atoms with van der Waals surface area (Å²) in [6, 6.07) is 4.21. The maximum absolute atomic E-state index is 6.87. The molecule has 308 valence electrons. The van der Waals surface area contributed by atoms with E-state index in [-0.39, 0.29) is 28.3 Å². The molecule has 4 heterocycles. The van der Waals surface area contributed by atoms with Crippen LogP contribution < -0.4 is 24.4 Å². The average Bonchev–Trinajstić information content (AvgIpc) is 3.88. The Kier molecular flexibility index (Phi) is 11.9. The second kappa shape index (κ2) is 15.9. The molecule has 0 spiro atoms. The first-order valence-electron chi connectivity index (χ1n) is 20.2. The van der Waals surface area contributed by atoms with Crippen molar-refractivity contribution in [3.05, 3.63) is 30.4 Å². The fourth-order valence-corrected chi connectivity index (χ4v) is 9.84. The number of nitrogens with zero attached hydrogens (tertiary/aromatic N) is 7. The second-order valence-corrected chi connectivity index (χ2v) is 28.2. The molecule has 0 unspecified atom stereocenters. The van der Waals surface area contributed by atoms with E-state index in [4.69, 9.17) is 43.1 Å². The predicted octanol–water partition coefficient (Wildman–Crippen LogP) is 9.59. The maximum Gasteiger partial charge on any atom is 0.232 e. The number of nitrogens with one attached hydrogen (secondary N) is 1. The van der Waals surface area contributed by atoms with Gasteiger partial charge in [0, 0.05) is 24.8 Å². The molecule has 1 atom stereocenters. The topological polar surface area (TPSA) is 123 Å². The number of ether oxygens (including phenoxy) is 3. The summed E-state index contributed by atoms with van der Waals surface area (Å²) in [7, 11) is 1.00. The zero-order valence-corrected chi connectivity index (χ0v) is 38.4. The summed E-state index contributed by atoms with van der Waals surface area (Å²) in [6.07, 6.45) is 10.1. The molecular weight excluding hydrogens is 741 g/mol. The minimum absolute atomic E-state index is 0.133. The summed E-state index contributed by atoms with van der Waals surface area (Å²) >= 11 is 0. The normalized spacial score (nSPS) is 19.8. The number of hydrogen-bond donors (Lipinski definition) is 1. The van der Waals surface area contributed by atoms with Crippen LogP contribution in [0.5, 0.6) is 17.2 Å². The first-order valence-corrected chi connectivity index (χ1v) is 26.0. The van der Waals surface area contributed by atoms with E-state index in [1.54, 1.807) is 27.7 Å². The molecule has 4 aromatic rings. The van der Waals surface area contributed by atoms with Crippen molar-refractivity contribution >= 4 is 45.3 Å². The minimum atomic E-state index is -1.95. The number of rotatable bonds is 13. The molecule has 1 saturated heterocycles. The van der Waals surface area contributed by atoms with E-state index < -0.39 is 16.6 Å². The van der Waals surface area contributed by atoms with Gasteiger partial charge in [-0.2, -0.15) is 15.1 Å². The molecule has 15 heteroatoms. The lowest BCUT2D eigenvalue weighted by Crippen LogP contribution is -2.45. The van der Waals surface area contributed by atoms with Crippen molar-refractivity contribution in [3.63, 3.8) is 0 Å². The number of hydrogen-bond acceptors (Lipinski definition) is 11. The Morgan fingerprint density at radius 2 is 1.48 bits per heavy atom. The first kappa shape index (κ1) is 42.0. The summed E-state index contributed by atoms with van der Waals surface area (Å²) < 4.78 is 34.5. The largest absolute Gasteiger partial charge is 0.493 e. The lowest BCUT2D eigenvalue weighted by molar-refractivity contribution is 0.116. The van der Waals surface area contributed by atoms with Crippen LogP contribution >= 0.6 is 0 Å². The first-order chi connectivity index (χ1) is 26.3. The van der Waals surface area contributed by atoms with Crippen molar-refractivity contribution in [2.75, 3.05) is 44.7 Å². The van der Waals surface area contributed by atoms with Gasteiger partial charge in [-0.25, -0.2) is 9.67 Å². The number of benzene rings is 1. The molecule has 2 aliphatic rings. The van der Waals surface area contributed by atoms with Crippen LogP contribution in [0, 0.1) is 6.92 Å². The molecule has 2 fully saturated rings. The average molecular weight is 807 g/mol. The number of anilines is 3. The van der Waals surface area contributed by atoms with Gasteiger partial charge in [0.25, 0.3) is 0 Å². The van der Waals surface area contributed by atoms with Gasteiger partial charge in [-0.05, 0) is 81.7 Å². The molecule has 56 heavy (non-hydrogen) atoms. The Balaban J connectivity index is 1.35. The smallest absolute Gasteiger partial charge is 0.232 e. The Hall–Kier alpha value is -3.67. The Bertz CT molecular complexity index is 1970. The summed E-state index contributed by atoms with van der Waals surface area (Å²) in [4.78, 5) is 17.6. The highest BCUT2D eigenvalue weighted by atomic mass is 28.4. The Morgan fingerprint density at radius 1 is 0.839 bits per heavy atom. The molecule has 1 N–H and O–H groups in total. The number of aromatic nitrogens is 6. The fourth-order valence-electron chi connectivity index (χ4n) is 7.37. The SMILES string of the molecule is COc1cc(-n2cnc(Nc3nc(N4CCC[C@H]4CO[Si](C)(C)C(C)(C)C)c4c(C)nn(C5CCC(O[Si](C)(C)C(C)(C)C)CC5)c4n3)c2)cc(OC)c1OC. The third kappa shape index (κ3) is 8.46. The lowest BCUT2D eigenvalue weighted by atomic mass is 9.93. The van der Waals surface area contributed by atoms with Crippen LogP contribution in [0.15, 0.2) is 24.7 Å². The molecule has 0 radical (unpaired) electrons. The second-order valence-electron chi connectivity index (χ2n) is 18.6. The van der Waals surface area contributed by atoms with Crippen molar-refractivity contribution < 1.29 is 23.1 Å². The monoisotopic (exact) mass is 806 g/mol. The van der Waals surface area contributed by atoms with Crippen LogP contribution in [-0.4, -0.2) is 92.6 Å². The summed E-state index contributed by atoms with van der Waals surface area (Å²) in [5, 5.41) is 10.0. The number of imidazole rings is 1. The highest BCUT2D eigenvalue weighted by Crippen LogP contribution is 2.43. The lowest BCUT2D eigenvalue weighted by Gasteiger charge is -2.41. The fraction of sp³-hybridized carbons (Fsp3) is 0.659.